The fraction of sp³-hybridized carbons (Fsp3) is 0.500. The molecule has 0 saturated heterocycles. The van der Waals surface area contributed by atoms with E-state index in [0.29, 0.717) is 24.3 Å². The Hall–Kier alpha value is -1.23. The number of carboxylic acids is 1. The average molecular weight is 329 g/mol. The molecule has 1 fully saturated rings. The first-order valence-electron chi connectivity index (χ1n) is 6.20. The number of halogens is 1. The summed E-state index contributed by atoms with van der Waals surface area (Å²) in [7, 11) is 3.11. The number of hydrogen-bond donors (Lipinski definition) is 1. The highest BCUT2D eigenvalue weighted by molar-refractivity contribution is 9.10. The molecule has 0 aliphatic heterocycles. The summed E-state index contributed by atoms with van der Waals surface area (Å²) in [5.74, 6) is 0.383. The zero-order chi connectivity index (χ0) is 14.0. The van der Waals surface area contributed by atoms with Gasteiger partial charge in [0.05, 0.1) is 24.1 Å². The first kappa shape index (κ1) is 14.2. The van der Waals surface area contributed by atoms with Crippen molar-refractivity contribution in [2.24, 2.45) is 0 Å². The molecule has 0 bridgehead atoms. The third-order valence-corrected chi connectivity index (χ3v) is 4.44. The van der Waals surface area contributed by atoms with E-state index in [4.69, 9.17) is 9.47 Å². The molecule has 104 valence electrons. The van der Waals surface area contributed by atoms with Gasteiger partial charge in [-0.25, -0.2) is 0 Å². The summed E-state index contributed by atoms with van der Waals surface area (Å²) in [6, 6.07) is 3.61. The van der Waals surface area contributed by atoms with Gasteiger partial charge in [0.25, 0.3) is 0 Å². The highest BCUT2D eigenvalue weighted by Gasteiger charge is 2.43. The van der Waals surface area contributed by atoms with Crippen LogP contribution in [0.15, 0.2) is 16.6 Å². The van der Waals surface area contributed by atoms with E-state index in [-0.39, 0.29) is 0 Å². The van der Waals surface area contributed by atoms with Gasteiger partial charge >= 0.3 is 5.97 Å². The predicted molar refractivity (Wildman–Crippen MR) is 75.0 cm³/mol. The minimum absolute atomic E-state index is 0.555. The maximum Gasteiger partial charge on any atom is 0.314 e. The van der Waals surface area contributed by atoms with Gasteiger partial charge in [0, 0.05) is 0 Å². The maximum absolute atomic E-state index is 11.7. The highest BCUT2D eigenvalue weighted by atomic mass is 79.9. The molecule has 1 aromatic rings. The predicted octanol–water partition coefficient (Wildman–Crippen LogP) is 3.36. The first-order chi connectivity index (χ1) is 9.05. The standard InChI is InChI=1S/C14H17BrO4/c1-18-11-8-9(7-10(15)12(11)19-2)14(13(16)17)5-3-4-6-14/h7-8H,3-6H2,1-2H3,(H,16,17). The van der Waals surface area contributed by atoms with Crippen LogP contribution in [-0.2, 0) is 10.2 Å². The largest absolute Gasteiger partial charge is 0.493 e. The lowest BCUT2D eigenvalue weighted by molar-refractivity contribution is -0.143. The zero-order valence-corrected chi connectivity index (χ0v) is 12.6. The lowest BCUT2D eigenvalue weighted by atomic mass is 9.79. The SMILES string of the molecule is COc1cc(C2(C(=O)O)CCCC2)cc(Br)c1OC. The van der Waals surface area contributed by atoms with Crippen molar-refractivity contribution in [1.82, 2.24) is 0 Å². The molecule has 2 rings (SSSR count). The summed E-state index contributed by atoms with van der Waals surface area (Å²) < 4.78 is 11.3. The quantitative estimate of drug-likeness (QED) is 0.920. The minimum Gasteiger partial charge on any atom is -0.493 e. The van der Waals surface area contributed by atoms with Gasteiger partial charge in [-0.05, 0) is 46.5 Å². The molecule has 1 N–H and O–H groups in total. The number of benzene rings is 1. The Bertz CT molecular complexity index is 492. The average Bonchev–Trinajstić information content (AvgIpc) is 2.88. The molecule has 19 heavy (non-hydrogen) atoms. The summed E-state index contributed by atoms with van der Waals surface area (Å²) >= 11 is 3.42. The molecule has 0 unspecified atom stereocenters. The van der Waals surface area contributed by atoms with Crippen molar-refractivity contribution in [2.45, 2.75) is 31.1 Å². The Kier molecular flexibility index (Phi) is 4.04. The Morgan fingerprint density at radius 3 is 2.37 bits per heavy atom. The number of ether oxygens (including phenoxy) is 2. The van der Waals surface area contributed by atoms with Gasteiger partial charge in [-0.1, -0.05) is 12.8 Å². The fourth-order valence-corrected chi connectivity index (χ4v) is 3.40. The summed E-state index contributed by atoms with van der Waals surface area (Å²) in [5.41, 5.74) is -0.00996. The Labute approximate surface area is 120 Å². The first-order valence-corrected chi connectivity index (χ1v) is 7.00. The van der Waals surface area contributed by atoms with Gasteiger partial charge in [-0.15, -0.1) is 0 Å². The normalized spacial score (nSPS) is 17.2. The van der Waals surface area contributed by atoms with Crippen LogP contribution in [0.1, 0.15) is 31.2 Å². The molecule has 1 saturated carbocycles. The molecule has 1 aliphatic carbocycles. The van der Waals surface area contributed by atoms with Gasteiger partial charge < -0.3 is 14.6 Å². The van der Waals surface area contributed by atoms with Gasteiger partial charge in [-0.2, -0.15) is 0 Å². The van der Waals surface area contributed by atoms with Crippen LogP contribution in [0.3, 0.4) is 0 Å². The second-order valence-electron chi connectivity index (χ2n) is 4.79. The monoisotopic (exact) mass is 328 g/mol. The number of rotatable bonds is 4. The third-order valence-electron chi connectivity index (χ3n) is 3.85. The molecular formula is C14H17BrO4. The van der Waals surface area contributed by atoms with Crippen LogP contribution in [0, 0.1) is 0 Å². The van der Waals surface area contributed by atoms with Crippen LogP contribution in [0.4, 0.5) is 0 Å². The molecule has 1 aromatic carbocycles. The van der Waals surface area contributed by atoms with Gasteiger partial charge in [0.15, 0.2) is 11.5 Å². The zero-order valence-electron chi connectivity index (χ0n) is 11.0. The van der Waals surface area contributed by atoms with E-state index in [0.717, 1.165) is 22.9 Å². The number of carbonyl (C=O) groups is 1. The lowest BCUT2D eigenvalue weighted by Gasteiger charge is -2.25. The second-order valence-corrected chi connectivity index (χ2v) is 5.64. The van der Waals surface area contributed by atoms with Crippen molar-refractivity contribution in [2.75, 3.05) is 14.2 Å². The minimum atomic E-state index is -0.790. The Balaban J connectivity index is 2.56. The van der Waals surface area contributed by atoms with Crippen molar-refractivity contribution in [1.29, 1.82) is 0 Å². The Morgan fingerprint density at radius 2 is 1.89 bits per heavy atom. The van der Waals surface area contributed by atoms with Crippen molar-refractivity contribution >= 4 is 21.9 Å². The van der Waals surface area contributed by atoms with Crippen LogP contribution in [0.5, 0.6) is 11.5 Å². The van der Waals surface area contributed by atoms with E-state index in [2.05, 4.69) is 15.9 Å². The van der Waals surface area contributed by atoms with E-state index in [1.54, 1.807) is 20.3 Å². The molecule has 0 heterocycles. The van der Waals surface area contributed by atoms with Gasteiger partial charge in [0.1, 0.15) is 0 Å². The highest BCUT2D eigenvalue weighted by Crippen LogP contribution is 2.46. The fourth-order valence-electron chi connectivity index (χ4n) is 2.80. The van der Waals surface area contributed by atoms with E-state index in [9.17, 15) is 9.90 Å². The third kappa shape index (κ3) is 2.31. The molecule has 0 aromatic heterocycles. The van der Waals surface area contributed by atoms with Crippen LogP contribution >= 0.6 is 15.9 Å². The molecule has 4 nitrogen and oxygen atoms in total. The van der Waals surface area contributed by atoms with Crippen LogP contribution in [-0.4, -0.2) is 25.3 Å². The summed E-state index contributed by atoms with van der Waals surface area (Å²) in [6.07, 6.45) is 3.23. The molecular weight excluding hydrogens is 312 g/mol. The Morgan fingerprint density at radius 1 is 1.26 bits per heavy atom. The second kappa shape index (κ2) is 5.41. The van der Waals surface area contributed by atoms with Crippen LogP contribution in [0.2, 0.25) is 0 Å². The van der Waals surface area contributed by atoms with E-state index in [1.165, 1.54) is 0 Å². The maximum atomic E-state index is 11.7. The molecule has 5 heteroatoms. The van der Waals surface area contributed by atoms with Crippen LogP contribution < -0.4 is 9.47 Å². The van der Waals surface area contributed by atoms with Crippen molar-refractivity contribution < 1.29 is 19.4 Å². The molecule has 0 atom stereocenters. The van der Waals surface area contributed by atoms with Crippen LogP contribution in [0.25, 0.3) is 0 Å². The summed E-state index contributed by atoms with van der Waals surface area (Å²) in [5, 5.41) is 9.61. The molecule has 1 aliphatic rings. The summed E-state index contributed by atoms with van der Waals surface area (Å²) in [6.45, 7) is 0. The van der Waals surface area contributed by atoms with E-state index in [1.807, 2.05) is 6.07 Å². The number of methoxy groups -OCH3 is 2. The lowest BCUT2D eigenvalue weighted by Crippen LogP contribution is -2.32. The molecule has 0 amide bonds. The number of aliphatic carboxylic acids is 1. The topological polar surface area (TPSA) is 55.8 Å². The number of hydrogen-bond acceptors (Lipinski definition) is 3. The van der Waals surface area contributed by atoms with Gasteiger partial charge in [0.2, 0.25) is 0 Å². The van der Waals surface area contributed by atoms with Crippen molar-refractivity contribution in [3.05, 3.63) is 22.2 Å². The van der Waals surface area contributed by atoms with Crippen molar-refractivity contribution in [3.63, 3.8) is 0 Å². The van der Waals surface area contributed by atoms with E-state index < -0.39 is 11.4 Å². The van der Waals surface area contributed by atoms with E-state index >= 15 is 0 Å². The molecule has 0 spiro atoms. The smallest absolute Gasteiger partial charge is 0.314 e. The molecule has 0 radical (unpaired) electrons. The van der Waals surface area contributed by atoms with Gasteiger partial charge in [-0.3, -0.25) is 4.79 Å². The van der Waals surface area contributed by atoms with Crippen molar-refractivity contribution in [3.8, 4) is 11.5 Å². The number of carboxylic acid groups (broad SMARTS) is 1. The summed E-state index contributed by atoms with van der Waals surface area (Å²) in [4.78, 5) is 11.7.